The van der Waals surface area contributed by atoms with Crippen LogP contribution in [-0.4, -0.2) is 35.8 Å². The third-order valence-corrected chi connectivity index (χ3v) is 2.28. The van der Waals surface area contributed by atoms with Gasteiger partial charge in [-0.05, 0) is 13.0 Å². The second-order valence-corrected chi connectivity index (χ2v) is 3.60. The molecule has 0 saturated carbocycles. The summed E-state index contributed by atoms with van der Waals surface area (Å²) in [6.07, 6.45) is -0.207. The fourth-order valence-corrected chi connectivity index (χ4v) is 1.20. The summed E-state index contributed by atoms with van der Waals surface area (Å²) >= 11 is 0. The summed E-state index contributed by atoms with van der Waals surface area (Å²) in [5.74, 6) is -1.20. The van der Waals surface area contributed by atoms with Crippen LogP contribution in [-0.2, 0) is 4.74 Å². The molecule has 98 valence electrons. The number of hydrogen-bond donors (Lipinski definition) is 1. The summed E-state index contributed by atoms with van der Waals surface area (Å²) in [6, 6.07) is 3.43. The molecule has 0 aliphatic carbocycles. The number of nitrogens with zero attached hydrogens (tertiary/aromatic N) is 1. The van der Waals surface area contributed by atoms with Crippen molar-refractivity contribution in [1.82, 2.24) is 0 Å². The van der Waals surface area contributed by atoms with Gasteiger partial charge in [-0.2, -0.15) is 0 Å². The maximum atomic E-state index is 11.0. The fraction of sp³-hybridized carbons (Fsp3) is 0.364. The van der Waals surface area contributed by atoms with Gasteiger partial charge < -0.3 is 14.6 Å². The number of non-ortho nitro benzene ring substituents is 1. The Kier molecular flexibility index (Phi) is 4.61. The molecule has 7 nitrogen and oxygen atoms in total. The molecule has 0 saturated heterocycles. The number of methoxy groups -OCH3 is 1. The van der Waals surface area contributed by atoms with E-state index in [1.165, 1.54) is 19.2 Å². The number of aromatic carboxylic acids is 1. The molecule has 0 bridgehead atoms. The molecule has 1 aromatic rings. The molecule has 0 fully saturated rings. The predicted molar refractivity (Wildman–Crippen MR) is 62.0 cm³/mol. The minimum atomic E-state index is -1.28. The van der Waals surface area contributed by atoms with E-state index in [0.717, 1.165) is 6.07 Å². The van der Waals surface area contributed by atoms with Crippen molar-refractivity contribution in [1.29, 1.82) is 0 Å². The highest BCUT2D eigenvalue weighted by Gasteiger charge is 2.17. The van der Waals surface area contributed by atoms with E-state index < -0.39 is 10.9 Å². The largest absolute Gasteiger partial charge is 0.490 e. The van der Waals surface area contributed by atoms with Crippen LogP contribution < -0.4 is 4.74 Å². The quantitative estimate of drug-likeness (QED) is 0.613. The van der Waals surface area contributed by atoms with Crippen molar-refractivity contribution >= 4 is 11.7 Å². The van der Waals surface area contributed by atoms with Gasteiger partial charge in [0.2, 0.25) is 0 Å². The number of nitro groups is 1. The van der Waals surface area contributed by atoms with Gasteiger partial charge >= 0.3 is 5.97 Å². The number of carboxylic acid groups (broad SMARTS) is 1. The van der Waals surface area contributed by atoms with E-state index in [1.807, 2.05) is 0 Å². The Hall–Kier alpha value is -2.15. The highest BCUT2D eigenvalue weighted by atomic mass is 16.6. The number of carboxylic acids is 1. The van der Waals surface area contributed by atoms with E-state index in [-0.39, 0.29) is 29.7 Å². The summed E-state index contributed by atoms with van der Waals surface area (Å²) in [6.45, 7) is 1.92. The molecular formula is C11H13NO6. The summed E-state index contributed by atoms with van der Waals surface area (Å²) in [5, 5.41) is 19.5. The molecule has 0 heterocycles. The van der Waals surface area contributed by atoms with Crippen LogP contribution in [0, 0.1) is 10.1 Å². The maximum absolute atomic E-state index is 11.0. The van der Waals surface area contributed by atoms with E-state index in [2.05, 4.69) is 0 Å². The van der Waals surface area contributed by atoms with Crippen molar-refractivity contribution in [3.8, 4) is 5.75 Å². The topological polar surface area (TPSA) is 98.9 Å². The molecule has 1 unspecified atom stereocenters. The zero-order valence-electron chi connectivity index (χ0n) is 9.95. The summed E-state index contributed by atoms with van der Waals surface area (Å²) in [4.78, 5) is 20.9. The Labute approximate surface area is 103 Å². The van der Waals surface area contributed by atoms with Gasteiger partial charge in [-0.3, -0.25) is 10.1 Å². The highest BCUT2D eigenvalue weighted by molar-refractivity contribution is 5.91. The predicted octanol–water partition coefficient (Wildman–Crippen LogP) is 1.71. The standard InChI is InChI=1S/C11H13NO6/c1-7(17-2)6-18-10-4-3-8(12(15)16)5-9(10)11(13)14/h3-5,7H,6H2,1-2H3,(H,13,14). The number of hydrogen-bond acceptors (Lipinski definition) is 5. The molecule has 0 spiro atoms. The molecule has 1 N–H and O–H groups in total. The number of rotatable bonds is 6. The lowest BCUT2D eigenvalue weighted by molar-refractivity contribution is -0.384. The van der Waals surface area contributed by atoms with E-state index in [0.29, 0.717) is 0 Å². The third kappa shape index (κ3) is 3.42. The molecule has 18 heavy (non-hydrogen) atoms. The summed E-state index contributed by atoms with van der Waals surface area (Å²) in [5.41, 5.74) is -0.535. The maximum Gasteiger partial charge on any atom is 0.339 e. The number of nitro benzene ring substituents is 1. The lowest BCUT2D eigenvalue weighted by Gasteiger charge is -2.12. The van der Waals surface area contributed by atoms with Gasteiger partial charge in [-0.25, -0.2) is 4.79 Å². The molecule has 7 heteroatoms. The van der Waals surface area contributed by atoms with Gasteiger partial charge in [-0.15, -0.1) is 0 Å². The molecule has 0 radical (unpaired) electrons. The average Bonchev–Trinajstić information content (AvgIpc) is 2.35. The van der Waals surface area contributed by atoms with E-state index in [9.17, 15) is 14.9 Å². The van der Waals surface area contributed by atoms with Crippen molar-refractivity contribution in [2.75, 3.05) is 13.7 Å². The number of benzene rings is 1. The van der Waals surface area contributed by atoms with Crippen LogP contribution in [0.15, 0.2) is 18.2 Å². The van der Waals surface area contributed by atoms with Crippen LogP contribution in [0.25, 0.3) is 0 Å². The minimum absolute atomic E-state index is 0.0806. The SMILES string of the molecule is COC(C)COc1ccc([N+](=O)[O-])cc1C(=O)O. The van der Waals surface area contributed by atoms with Crippen molar-refractivity contribution in [2.45, 2.75) is 13.0 Å². The van der Waals surface area contributed by atoms with Crippen LogP contribution in [0.2, 0.25) is 0 Å². The van der Waals surface area contributed by atoms with Crippen LogP contribution in [0.1, 0.15) is 17.3 Å². The van der Waals surface area contributed by atoms with Gasteiger partial charge in [0.1, 0.15) is 17.9 Å². The normalized spacial score (nSPS) is 11.9. The first-order valence-corrected chi connectivity index (χ1v) is 5.13. The summed E-state index contributed by atoms with van der Waals surface area (Å²) < 4.78 is 10.2. The summed E-state index contributed by atoms with van der Waals surface area (Å²) in [7, 11) is 1.50. The molecule has 0 amide bonds. The Balaban J connectivity index is 2.97. The molecule has 0 aliphatic heterocycles. The zero-order valence-corrected chi connectivity index (χ0v) is 9.95. The zero-order chi connectivity index (χ0) is 13.7. The second kappa shape index (κ2) is 5.97. The van der Waals surface area contributed by atoms with Crippen LogP contribution in [0.4, 0.5) is 5.69 Å². The highest BCUT2D eigenvalue weighted by Crippen LogP contribution is 2.24. The number of carbonyl (C=O) groups is 1. The molecule has 0 aromatic heterocycles. The Morgan fingerprint density at radius 1 is 1.56 bits per heavy atom. The molecule has 1 aromatic carbocycles. The van der Waals surface area contributed by atoms with E-state index in [1.54, 1.807) is 6.92 Å². The van der Waals surface area contributed by atoms with Gasteiger partial charge in [0, 0.05) is 19.2 Å². The lowest BCUT2D eigenvalue weighted by Crippen LogP contribution is -2.17. The monoisotopic (exact) mass is 255 g/mol. The molecule has 0 aliphatic rings. The first-order valence-electron chi connectivity index (χ1n) is 5.13. The minimum Gasteiger partial charge on any atom is -0.490 e. The van der Waals surface area contributed by atoms with Gasteiger partial charge in [0.05, 0.1) is 11.0 Å². The Morgan fingerprint density at radius 3 is 2.72 bits per heavy atom. The number of ether oxygens (including phenoxy) is 2. The van der Waals surface area contributed by atoms with Gasteiger partial charge in [0.25, 0.3) is 5.69 Å². The smallest absolute Gasteiger partial charge is 0.339 e. The van der Waals surface area contributed by atoms with Gasteiger partial charge in [-0.1, -0.05) is 0 Å². The van der Waals surface area contributed by atoms with Crippen LogP contribution >= 0.6 is 0 Å². The van der Waals surface area contributed by atoms with Crippen LogP contribution in [0.5, 0.6) is 5.75 Å². The fourth-order valence-electron chi connectivity index (χ4n) is 1.20. The molecular weight excluding hydrogens is 242 g/mol. The first kappa shape index (κ1) is 13.9. The Morgan fingerprint density at radius 2 is 2.22 bits per heavy atom. The van der Waals surface area contributed by atoms with E-state index >= 15 is 0 Å². The lowest BCUT2D eigenvalue weighted by atomic mass is 10.2. The Bertz CT molecular complexity index is 459. The molecule has 1 atom stereocenters. The van der Waals surface area contributed by atoms with E-state index in [4.69, 9.17) is 14.6 Å². The molecule has 1 rings (SSSR count). The van der Waals surface area contributed by atoms with Gasteiger partial charge in [0.15, 0.2) is 0 Å². The first-order chi connectivity index (χ1) is 8.45. The van der Waals surface area contributed by atoms with Crippen molar-refractivity contribution in [3.63, 3.8) is 0 Å². The van der Waals surface area contributed by atoms with Crippen molar-refractivity contribution < 1.29 is 24.3 Å². The van der Waals surface area contributed by atoms with Crippen molar-refractivity contribution in [3.05, 3.63) is 33.9 Å². The van der Waals surface area contributed by atoms with Crippen molar-refractivity contribution in [2.24, 2.45) is 0 Å². The second-order valence-electron chi connectivity index (χ2n) is 3.60. The van der Waals surface area contributed by atoms with Crippen LogP contribution in [0.3, 0.4) is 0 Å². The third-order valence-electron chi connectivity index (χ3n) is 2.28. The average molecular weight is 255 g/mol.